The van der Waals surface area contributed by atoms with Crippen LogP contribution < -0.4 is 0 Å². The summed E-state index contributed by atoms with van der Waals surface area (Å²) in [4.78, 5) is 19.7. The Morgan fingerprint density at radius 2 is 1.73 bits per heavy atom. The molecular formula is C21H32N2O3. The molecule has 2 atom stereocenters. The van der Waals surface area contributed by atoms with E-state index >= 15 is 0 Å². The molecule has 1 aromatic rings. The molecule has 0 bridgehead atoms. The van der Waals surface area contributed by atoms with Crippen molar-refractivity contribution in [2.75, 3.05) is 7.11 Å². The number of carbonyl (C=O) groups is 1. The van der Waals surface area contributed by atoms with Crippen molar-refractivity contribution in [2.45, 2.75) is 72.2 Å². The van der Waals surface area contributed by atoms with Crippen molar-refractivity contribution >= 4 is 12.0 Å². The second kappa shape index (κ2) is 6.93. The second-order valence-electron chi connectivity index (χ2n) is 9.16. The number of methoxy groups -OCH3 is 1. The molecule has 0 unspecified atom stereocenters. The predicted molar refractivity (Wildman–Crippen MR) is 104 cm³/mol. The topological polar surface area (TPSA) is 51.1 Å². The Balaban J connectivity index is 2.49. The standard InChI is InChI=1S/C21H32N2O3/c1-19(2,3)16-22-17(25-8)21(7,14-15-12-10-9-11-13-15)23(16)18(24)26-20(4,5)6/h9-13,16H,14H2,1-8H3/t16-,21-/m0/s1. The minimum atomic E-state index is -0.712. The molecule has 0 radical (unpaired) electrons. The lowest BCUT2D eigenvalue weighted by molar-refractivity contribution is -0.0120. The van der Waals surface area contributed by atoms with Crippen LogP contribution in [0.3, 0.4) is 0 Å². The normalized spacial score (nSPS) is 23.6. The van der Waals surface area contributed by atoms with Crippen LogP contribution in [0.15, 0.2) is 35.3 Å². The van der Waals surface area contributed by atoms with Crippen LogP contribution in [0.5, 0.6) is 0 Å². The van der Waals surface area contributed by atoms with Crippen molar-refractivity contribution in [1.29, 1.82) is 0 Å². The highest BCUT2D eigenvalue weighted by atomic mass is 16.6. The van der Waals surface area contributed by atoms with Gasteiger partial charge < -0.3 is 9.47 Å². The molecule has 1 aromatic carbocycles. The molecule has 0 saturated carbocycles. The molecule has 26 heavy (non-hydrogen) atoms. The Labute approximate surface area is 157 Å². The third kappa shape index (κ3) is 4.19. The molecule has 0 spiro atoms. The minimum absolute atomic E-state index is 0.255. The maximum atomic E-state index is 13.2. The summed E-state index contributed by atoms with van der Waals surface area (Å²) in [5.74, 6) is 0.562. The van der Waals surface area contributed by atoms with Gasteiger partial charge in [-0.05, 0) is 33.3 Å². The van der Waals surface area contributed by atoms with Crippen LogP contribution in [0.2, 0.25) is 0 Å². The third-order valence-corrected chi connectivity index (χ3v) is 4.43. The second-order valence-corrected chi connectivity index (χ2v) is 9.16. The van der Waals surface area contributed by atoms with E-state index in [9.17, 15) is 4.79 Å². The maximum absolute atomic E-state index is 13.2. The molecule has 1 aliphatic heterocycles. The molecule has 144 valence electrons. The fraction of sp³-hybridized carbons (Fsp3) is 0.619. The highest BCUT2D eigenvalue weighted by Gasteiger charge is 2.54. The molecule has 0 fully saturated rings. The number of hydrogen-bond acceptors (Lipinski definition) is 4. The van der Waals surface area contributed by atoms with Crippen molar-refractivity contribution in [1.82, 2.24) is 4.90 Å². The monoisotopic (exact) mass is 360 g/mol. The number of hydrogen-bond donors (Lipinski definition) is 0. The van der Waals surface area contributed by atoms with Gasteiger partial charge in [-0.25, -0.2) is 9.79 Å². The third-order valence-electron chi connectivity index (χ3n) is 4.43. The summed E-state index contributed by atoms with van der Waals surface area (Å²) in [6.45, 7) is 13.8. The van der Waals surface area contributed by atoms with Gasteiger partial charge in [0, 0.05) is 11.8 Å². The maximum Gasteiger partial charge on any atom is 0.412 e. The van der Waals surface area contributed by atoms with E-state index < -0.39 is 11.1 Å². The summed E-state index contributed by atoms with van der Waals surface area (Å²) < 4.78 is 11.4. The largest absolute Gasteiger partial charge is 0.483 e. The van der Waals surface area contributed by atoms with Crippen molar-refractivity contribution in [3.8, 4) is 0 Å². The fourth-order valence-corrected chi connectivity index (χ4v) is 3.30. The molecule has 0 aromatic heterocycles. The lowest BCUT2D eigenvalue weighted by atomic mass is 9.87. The quantitative estimate of drug-likeness (QED) is 0.771. The molecular weight excluding hydrogens is 328 g/mol. The van der Waals surface area contributed by atoms with Crippen molar-refractivity contribution < 1.29 is 14.3 Å². The van der Waals surface area contributed by atoms with Gasteiger partial charge >= 0.3 is 6.09 Å². The molecule has 2 rings (SSSR count). The lowest BCUT2D eigenvalue weighted by Crippen LogP contribution is -2.58. The summed E-state index contributed by atoms with van der Waals surface area (Å²) in [5, 5.41) is 0. The first-order valence-electron chi connectivity index (χ1n) is 9.07. The van der Waals surface area contributed by atoms with Gasteiger partial charge in [0.1, 0.15) is 17.3 Å². The fourth-order valence-electron chi connectivity index (χ4n) is 3.30. The van der Waals surface area contributed by atoms with Gasteiger partial charge in [0.15, 0.2) is 0 Å². The van der Waals surface area contributed by atoms with Crippen LogP contribution in [0.25, 0.3) is 0 Å². The van der Waals surface area contributed by atoms with Crippen LogP contribution in [0.4, 0.5) is 4.79 Å². The number of aliphatic imine (C=N–C) groups is 1. The van der Waals surface area contributed by atoms with Gasteiger partial charge in [0.2, 0.25) is 5.90 Å². The number of rotatable bonds is 2. The number of benzene rings is 1. The molecule has 1 aliphatic rings. The molecule has 5 nitrogen and oxygen atoms in total. The van der Waals surface area contributed by atoms with E-state index in [-0.39, 0.29) is 17.7 Å². The Hall–Kier alpha value is -2.04. The van der Waals surface area contributed by atoms with Crippen LogP contribution in [-0.4, -0.2) is 41.3 Å². The summed E-state index contributed by atoms with van der Waals surface area (Å²) >= 11 is 0. The van der Waals surface area contributed by atoms with Gasteiger partial charge in [-0.2, -0.15) is 0 Å². The number of carbonyl (C=O) groups excluding carboxylic acids is 1. The molecule has 1 heterocycles. The summed E-state index contributed by atoms with van der Waals surface area (Å²) in [7, 11) is 1.61. The van der Waals surface area contributed by atoms with Crippen molar-refractivity contribution in [3.63, 3.8) is 0 Å². The zero-order chi connectivity index (χ0) is 19.8. The highest BCUT2D eigenvalue weighted by molar-refractivity contribution is 5.93. The van der Waals surface area contributed by atoms with Crippen LogP contribution >= 0.6 is 0 Å². The first kappa shape index (κ1) is 20.3. The summed E-state index contributed by atoms with van der Waals surface area (Å²) in [5.41, 5.74) is -0.433. The minimum Gasteiger partial charge on any atom is -0.483 e. The molecule has 5 heteroatoms. The van der Waals surface area contributed by atoms with Crippen LogP contribution in [0.1, 0.15) is 54.0 Å². The highest BCUT2D eigenvalue weighted by Crippen LogP contribution is 2.40. The molecule has 0 aliphatic carbocycles. The first-order valence-corrected chi connectivity index (χ1v) is 9.07. The zero-order valence-corrected chi connectivity index (χ0v) is 17.3. The van der Waals surface area contributed by atoms with E-state index in [2.05, 4.69) is 32.9 Å². The Bertz CT molecular complexity index is 671. The van der Waals surface area contributed by atoms with E-state index in [4.69, 9.17) is 14.5 Å². The van der Waals surface area contributed by atoms with Gasteiger partial charge in [-0.1, -0.05) is 51.1 Å². The molecule has 1 amide bonds. The summed E-state index contributed by atoms with van der Waals surface area (Å²) in [6.07, 6.45) is -0.126. The zero-order valence-electron chi connectivity index (χ0n) is 17.3. The van der Waals surface area contributed by atoms with Gasteiger partial charge in [0.05, 0.1) is 7.11 Å². The van der Waals surface area contributed by atoms with E-state index in [0.717, 1.165) is 5.56 Å². The van der Waals surface area contributed by atoms with Crippen molar-refractivity contribution in [2.24, 2.45) is 10.4 Å². The average Bonchev–Trinajstić information content (AvgIpc) is 2.79. The van der Waals surface area contributed by atoms with E-state index in [1.165, 1.54) is 0 Å². The smallest absolute Gasteiger partial charge is 0.412 e. The van der Waals surface area contributed by atoms with Crippen molar-refractivity contribution in [3.05, 3.63) is 35.9 Å². The van der Waals surface area contributed by atoms with Gasteiger partial charge in [-0.3, -0.25) is 4.90 Å². The first-order chi connectivity index (χ1) is 11.9. The Morgan fingerprint density at radius 3 is 2.19 bits per heavy atom. The Morgan fingerprint density at radius 1 is 1.15 bits per heavy atom. The van der Waals surface area contributed by atoms with Gasteiger partial charge in [-0.15, -0.1) is 0 Å². The van der Waals surface area contributed by atoms with E-state index in [1.54, 1.807) is 12.0 Å². The van der Waals surface area contributed by atoms with Crippen LogP contribution in [0, 0.1) is 5.41 Å². The summed E-state index contributed by atoms with van der Waals surface area (Å²) in [6, 6.07) is 10.1. The van der Waals surface area contributed by atoms with Gasteiger partial charge in [0.25, 0.3) is 0 Å². The van der Waals surface area contributed by atoms with Crippen LogP contribution in [-0.2, 0) is 15.9 Å². The molecule has 0 N–H and O–H groups in total. The SMILES string of the molecule is COC1=N[C@H](C(C)(C)C)N(C(=O)OC(C)(C)C)[C@@]1(C)Cc1ccccc1. The predicted octanol–water partition coefficient (Wildman–Crippen LogP) is 4.66. The average molecular weight is 360 g/mol. The van der Waals surface area contributed by atoms with E-state index in [1.807, 2.05) is 45.9 Å². The molecule has 0 saturated heterocycles. The lowest BCUT2D eigenvalue weighted by Gasteiger charge is -2.42. The number of ether oxygens (including phenoxy) is 2. The number of amides is 1. The number of nitrogens with zero attached hydrogens (tertiary/aromatic N) is 2. The Kier molecular flexibility index (Phi) is 5.41. The van der Waals surface area contributed by atoms with E-state index in [0.29, 0.717) is 12.3 Å².